The molecule has 0 saturated heterocycles. The number of allylic oxidation sites excluding steroid dienone is 1. The third-order valence-corrected chi connectivity index (χ3v) is 5.20. The third-order valence-electron chi connectivity index (χ3n) is 4.11. The summed E-state index contributed by atoms with van der Waals surface area (Å²) in [5.74, 6) is 0.434. The number of hydrogen-bond donors (Lipinski definition) is 0. The predicted octanol–water partition coefficient (Wildman–Crippen LogP) is 7.71. The highest BCUT2D eigenvalue weighted by atomic mass is 79.9. The SMILES string of the molecule is Cc1ccc(COc2c(Cl)cc(/C=C(\C#N)c3ccc(Br)cc3)cc2Cl)cc1. The summed E-state index contributed by atoms with van der Waals surface area (Å²) in [6.07, 6.45) is 1.75. The van der Waals surface area contributed by atoms with Crippen molar-refractivity contribution < 1.29 is 4.74 Å². The van der Waals surface area contributed by atoms with Crippen LogP contribution < -0.4 is 4.74 Å². The molecule has 0 atom stereocenters. The van der Waals surface area contributed by atoms with E-state index in [1.807, 2.05) is 55.5 Å². The molecule has 3 aromatic carbocycles. The molecule has 2 nitrogen and oxygen atoms in total. The third kappa shape index (κ3) is 5.17. The summed E-state index contributed by atoms with van der Waals surface area (Å²) >= 11 is 16.2. The topological polar surface area (TPSA) is 33.0 Å². The summed E-state index contributed by atoms with van der Waals surface area (Å²) in [4.78, 5) is 0. The molecule has 0 spiro atoms. The lowest BCUT2D eigenvalue weighted by Crippen LogP contribution is -1.97. The number of aryl methyl sites for hydroxylation is 1. The van der Waals surface area contributed by atoms with Crippen molar-refractivity contribution in [3.05, 3.63) is 97.4 Å². The van der Waals surface area contributed by atoms with Gasteiger partial charge >= 0.3 is 0 Å². The highest BCUT2D eigenvalue weighted by Crippen LogP contribution is 2.36. The average molecular weight is 473 g/mol. The second-order valence-corrected chi connectivity index (χ2v) is 7.99. The normalized spacial score (nSPS) is 11.2. The zero-order valence-corrected chi connectivity index (χ0v) is 18.1. The van der Waals surface area contributed by atoms with Crippen LogP contribution in [0.2, 0.25) is 10.0 Å². The summed E-state index contributed by atoms with van der Waals surface area (Å²) in [5, 5.41) is 10.3. The fraction of sp³-hybridized carbons (Fsp3) is 0.0870. The van der Waals surface area contributed by atoms with Gasteiger partial charge in [-0.25, -0.2) is 0 Å². The number of ether oxygens (including phenoxy) is 1. The highest BCUT2D eigenvalue weighted by molar-refractivity contribution is 9.10. The Labute approximate surface area is 183 Å². The lowest BCUT2D eigenvalue weighted by molar-refractivity contribution is 0.306. The van der Waals surface area contributed by atoms with Gasteiger partial charge in [-0.2, -0.15) is 5.26 Å². The van der Waals surface area contributed by atoms with Crippen molar-refractivity contribution >= 4 is 50.8 Å². The molecule has 0 saturated carbocycles. The van der Waals surface area contributed by atoms with Crippen molar-refractivity contribution in [2.75, 3.05) is 0 Å². The van der Waals surface area contributed by atoms with Gasteiger partial charge in [-0.05, 0) is 54.0 Å². The van der Waals surface area contributed by atoms with Gasteiger partial charge in [-0.1, -0.05) is 81.1 Å². The Morgan fingerprint density at radius 2 is 1.64 bits per heavy atom. The van der Waals surface area contributed by atoms with Gasteiger partial charge in [0.1, 0.15) is 6.61 Å². The maximum absolute atomic E-state index is 9.51. The molecule has 0 amide bonds. The molecule has 3 aromatic rings. The van der Waals surface area contributed by atoms with E-state index in [2.05, 4.69) is 22.0 Å². The van der Waals surface area contributed by atoms with Crippen molar-refractivity contribution in [3.63, 3.8) is 0 Å². The molecule has 0 bridgehead atoms. The molecule has 0 aromatic heterocycles. The average Bonchev–Trinajstić information content (AvgIpc) is 2.67. The van der Waals surface area contributed by atoms with Crippen LogP contribution in [0.25, 0.3) is 11.6 Å². The zero-order chi connectivity index (χ0) is 20.1. The van der Waals surface area contributed by atoms with E-state index in [-0.39, 0.29) is 0 Å². The predicted molar refractivity (Wildman–Crippen MR) is 120 cm³/mol. The van der Waals surface area contributed by atoms with E-state index in [4.69, 9.17) is 27.9 Å². The Morgan fingerprint density at radius 3 is 2.21 bits per heavy atom. The Hall–Kier alpha value is -2.25. The zero-order valence-electron chi connectivity index (χ0n) is 15.0. The second kappa shape index (κ2) is 9.30. The quantitative estimate of drug-likeness (QED) is 0.281. The Bertz CT molecular complexity index is 1030. The number of nitriles is 1. The number of hydrogen-bond acceptors (Lipinski definition) is 2. The smallest absolute Gasteiger partial charge is 0.157 e. The highest BCUT2D eigenvalue weighted by Gasteiger charge is 2.11. The molecule has 0 fully saturated rings. The first-order valence-electron chi connectivity index (χ1n) is 8.51. The van der Waals surface area contributed by atoms with Crippen LogP contribution >= 0.6 is 39.1 Å². The van der Waals surface area contributed by atoms with E-state index < -0.39 is 0 Å². The minimum atomic E-state index is 0.372. The van der Waals surface area contributed by atoms with Gasteiger partial charge in [0.05, 0.1) is 21.7 Å². The van der Waals surface area contributed by atoms with E-state index >= 15 is 0 Å². The van der Waals surface area contributed by atoms with Crippen LogP contribution in [0.15, 0.2) is 65.1 Å². The van der Waals surface area contributed by atoms with Crippen molar-refractivity contribution in [2.24, 2.45) is 0 Å². The van der Waals surface area contributed by atoms with E-state index in [0.29, 0.717) is 28.0 Å². The molecule has 0 aliphatic rings. The van der Waals surface area contributed by atoms with Crippen LogP contribution in [0.4, 0.5) is 0 Å². The molecule has 0 heterocycles. The lowest BCUT2D eigenvalue weighted by atomic mass is 10.0. The van der Waals surface area contributed by atoms with Gasteiger partial charge in [-0.3, -0.25) is 0 Å². The fourth-order valence-corrected chi connectivity index (χ4v) is 3.49. The fourth-order valence-electron chi connectivity index (χ4n) is 2.62. The van der Waals surface area contributed by atoms with E-state index in [0.717, 1.165) is 21.2 Å². The first-order chi connectivity index (χ1) is 13.5. The molecule has 0 aliphatic heterocycles. The molecular formula is C23H16BrCl2NO. The molecule has 3 rings (SSSR count). The van der Waals surface area contributed by atoms with Crippen LogP contribution in [0.3, 0.4) is 0 Å². The van der Waals surface area contributed by atoms with Crippen molar-refractivity contribution in [3.8, 4) is 11.8 Å². The maximum Gasteiger partial charge on any atom is 0.157 e. The minimum Gasteiger partial charge on any atom is -0.486 e. The molecule has 0 radical (unpaired) electrons. The summed E-state index contributed by atoms with van der Waals surface area (Å²) in [7, 11) is 0. The van der Waals surface area contributed by atoms with Crippen molar-refractivity contribution in [1.82, 2.24) is 0 Å². The first-order valence-corrected chi connectivity index (χ1v) is 10.1. The van der Waals surface area contributed by atoms with Gasteiger partial charge in [0, 0.05) is 4.47 Å². The van der Waals surface area contributed by atoms with Gasteiger partial charge in [-0.15, -0.1) is 0 Å². The van der Waals surface area contributed by atoms with Gasteiger partial charge < -0.3 is 4.74 Å². The first kappa shape index (κ1) is 20.5. The molecular weight excluding hydrogens is 457 g/mol. The minimum absolute atomic E-state index is 0.372. The van der Waals surface area contributed by atoms with Gasteiger partial charge in [0.2, 0.25) is 0 Å². The van der Waals surface area contributed by atoms with Crippen molar-refractivity contribution in [2.45, 2.75) is 13.5 Å². The molecule has 5 heteroatoms. The van der Waals surface area contributed by atoms with E-state index in [1.165, 1.54) is 5.56 Å². The van der Waals surface area contributed by atoms with Crippen molar-refractivity contribution in [1.29, 1.82) is 5.26 Å². The molecule has 0 N–H and O–H groups in total. The summed E-state index contributed by atoms with van der Waals surface area (Å²) in [6, 6.07) is 21.3. The molecule has 0 aliphatic carbocycles. The Morgan fingerprint density at radius 1 is 1.04 bits per heavy atom. The van der Waals surface area contributed by atoms with Crippen LogP contribution in [-0.2, 0) is 6.61 Å². The number of rotatable bonds is 5. The van der Waals surface area contributed by atoms with E-state index in [1.54, 1.807) is 18.2 Å². The van der Waals surface area contributed by atoms with Crippen LogP contribution in [-0.4, -0.2) is 0 Å². The van der Waals surface area contributed by atoms with Crippen LogP contribution in [0.5, 0.6) is 5.75 Å². The standard InChI is InChI=1S/C23H16BrCl2NO/c1-15-2-4-16(5-3-15)14-28-23-21(25)11-17(12-22(23)26)10-19(13-27)18-6-8-20(24)9-7-18/h2-12H,14H2,1H3/b19-10+. The summed E-state index contributed by atoms with van der Waals surface area (Å²) in [5.41, 5.74) is 4.29. The number of nitrogens with zero attached hydrogens (tertiary/aromatic N) is 1. The molecule has 28 heavy (non-hydrogen) atoms. The van der Waals surface area contributed by atoms with Crippen LogP contribution in [0, 0.1) is 18.3 Å². The van der Waals surface area contributed by atoms with Crippen LogP contribution in [0.1, 0.15) is 22.3 Å². The second-order valence-electron chi connectivity index (χ2n) is 6.26. The van der Waals surface area contributed by atoms with Gasteiger partial charge in [0.15, 0.2) is 5.75 Å². The Balaban J connectivity index is 1.83. The summed E-state index contributed by atoms with van der Waals surface area (Å²) < 4.78 is 6.78. The molecule has 140 valence electrons. The Kier molecular flexibility index (Phi) is 6.80. The number of halogens is 3. The monoisotopic (exact) mass is 471 g/mol. The maximum atomic E-state index is 9.51. The van der Waals surface area contributed by atoms with E-state index in [9.17, 15) is 5.26 Å². The molecule has 0 unspecified atom stereocenters. The van der Waals surface area contributed by atoms with Gasteiger partial charge in [0.25, 0.3) is 0 Å². The summed E-state index contributed by atoms with van der Waals surface area (Å²) in [6.45, 7) is 2.41. The number of benzene rings is 3. The largest absolute Gasteiger partial charge is 0.486 e. The lowest BCUT2D eigenvalue weighted by Gasteiger charge is -2.11.